The lowest BCUT2D eigenvalue weighted by Crippen LogP contribution is -2.52. The van der Waals surface area contributed by atoms with Crippen molar-refractivity contribution in [2.75, 3.05) is 13.2 Å². The van der Waals surface area contributed by atoms with Gasteiger partial charge in [-0.2, -0.15) is 0 Å². The molecule has 0 aromatic heterocycles. The van der Waals surface area contributed by atoms with Gasteiger partial charge in [-0.1, -0.05) is 31.5 Å². The van der Waals surface area contributed by atoms with Gasteiger partial charge in [0.25, 0.3) is 0 Å². The van der Waals surface area contributed by atoms with Gasteiger partial charge >= 0.3 is 11.9 Å². The number of carbonyl (C=O) groups excluding carboxylic acids is 3. The Morgan fingerprint density at radius 1 is 1.25 bits per heavy atom. The molecule has 3 aliphatic carbocycles. The van der Waals surface area contributed by atoms with Gasteiger partial charge in [0.1, 0.15) is 13.2 Å². The van der Waals surface area contributed by atoms with Crippen LogP contribution in [0.3, 0.4) is 0 Å². The van der Waals surface area contributed by atoms with E-state index in [0.717, 1.165) is 31.3 Å². The molecule has 0 saturated heterocycles. The van der Waals surface area contributed by atoms with Crippen molar-refractivity contribution < 1.29 is 23.9 Å². The Morgan fingerprint density at radius 3 is 2.71 bits per heavy atom. The Kier molecular flexibility index (Phi) is 4.72. The van der Waals surface area contributed by atoms with Crippen LogP contribution in [0.2, 0.25) is 0 Å². The third kappa shape index (κ3) is 2.85. The first kappa shape index (κ1) is 19.7. The third-order valence-electron chi connectivity index (χ3n) is 7.95. The van der Waals surface area contributed by atoms with Crippen LogP contribution in [0.25, 0.3) is 0 Å². The summed E-state index contributed by atoms with van der Waals surface area (Å²) in [5, 5.41) is 0.652. The number of rotatable bonds is 3. The molecule has 6 heteroatoms. The van der Waals surface area contributed by atoms with Gasteiger partial charge in [0, 0.05) is 29.4 Å². The Balaban J connectivity index is 1.64. The smallest absolute Gasteiger partial charge is 0.331 e. The van der Waals surface area contributed by atoms with Crippen LogP contribution in [0.5, 0.6) is 0 Å². The van der Waals surface area contributed by atoms with Crippen molar-refractivity contribution in [3.8, 4) is 0 Å². The van der Waals surface area contributed by atoms with Crippen LogP contribution in [-0.2, 0) is 23.9 Å². The molecule has 0 aromatic carbocycles. The Bertz CT molecular complexity index is 799. The summed E-state index contributed by atoms with van der Waals surface area (Å²) in [5.41, 5.74) is 0.511. The molecular formula is C22H27ClO5. The van der Waals surface area contributed by atoms with Crippen molar-refractivity contribution in [1.29, 1.82) is 0 Å². The minimum Gasteiger partial charge on any atom is -0.462 e. The minimum absolute atomic E-state index is 0.0305. The molecule has 0 radical (unpaired) electrons. The van der Waals surface area contributed by atoms with E-state index in [-0.39, 0.29) is 41.0 Å². The van der Waals surface area contributed by atoms with Crippen molar-refractivity contribution in [2.45, 2.75) is 46.5 Å². The topological polar surface area (TPSA) is 69.7 Å². The number of ether oxygens (including phenoxy) is 2. The van der Waals surface area contributed by atoms with Crippen molar-refractivity contribution in [3.63, 3.8) is 0 Å². The lowest BCUT2D eigenvalue weighted by molar-refractivity contribution is -0.149. The van der Waals surface area contributed by atoms with Gasteiger partial charge in [-0.05, 0) is 54.4 Å². The Hall–Kier alpha value is -1.62. The molecule has 2 fully saturated rings. The van der Waals surface area contributed by atoms with Gasteiger partial charge in [0.15, 0.2) is 5.78 Å². The summed E-state index contributed by atoms with van der Waals surface area (Å²) < 4.78 is 10.4. The number of ketones is 1. The van der Waals surface area contributed by atoms with Crippen LogP contribution >= 0.6 is 11.6 Å². The van der Waals surface area contributed by atoms with Crippen molar-refractivity contribution >= 4 is 29.3 Å². The molecule has 4 rings (SSSR count). The molecule has 5 nitrogen and oxygen atoms in total. The monoisotopic (exact) mass is 406 g/mol. The lowest BCUT2D eigenvalue weighted by atomic mass is 9.50. The number of halogens is 1. The molecule has 1 aliphatic heterocycles. The van der Waals surface area contributed by atoms with Crippen LogP contribution in [0.1, 0.15) is 46.5 Å². The van der Waals surface area contributed by atoms with E-state index < -0.39 is 5.97 Å². The minimum atomic E-state index is -0.419. The second-order valence-electron chi connectivity index (χ2n) is 9.31. The number of carbonyl (C=O) groups is 3. The number of Topliss-reactive ketones (excluding diaryl/α,β-unsaturated/α-hetero) is 1. The highest BCUT2D eigenvalue weighted by molar-refractivity contribution is 6.32. The van der Waals surface area contributed by atoms with E-state index in [2.05, 4.69) is 19.9 Å². The first-order chi connectivity index (χ1) is 13.2. The van der Waals surface area contributed by atoms with E-state index in [1.165, 1.54) is 6.92 Å². The molecule has 28 heavy (non-hydrogen) atoms. The van der Waals surface area contributed by atoms with Crippen molar-refractivity contribution in [1.82, 2.24) is 0 Å². The normalized spacial score (nSPS) is 41.6. The Labute approximate surface area is 170 Å². The standard InChI is InChI=1S/C22H27ClO5/c1-12(24)27-10-19(25)16-5-4-14-13-8-18(23)17-9-20(26)28-11-22(17,3)15(13)6-7-21(14,16)2/h8-9,13-16H,4-7,10-11H2,1-3H3/t13-,14-,15-,16+,21-,22+/m0/s1. The summed E-state index contributed by atoms with van der Waals surface area (Å²) >= 11 is 6.64. The van der Waals surface area contributed by atoms with Gasteiger partial charge in [0.2, 0.25) is 0 Å². The van der Waals surface area contributed by atoms with Crippen molar-refractivity contribution in [2.24, 2.45) is 34.5 Å². The summed E-state index contributed by atoms with van der Waals surface area (Å²) in [6, 6.07) is 0. The molecule has 0 spiro atoms. The van der Waals surface area contributed by atoms with E-state index in [0.29, 0.717) is 23.5 Å². The van der Waals surface area contributed by atoms with Gasteiger partial charge in [-0.15, -0.1) is 0 Å². The summed E-state index contributed by atoms with van der Waals surface area (Å²) in [6.45, 7) is 5.93. The number of esters is 2. The average molecular weight is 407 g/mol. The van der Waals surface area contributed by atoms with Gasteiger partial charge in [0.05, 0.1) is 0 Å². The van der Waals surface area contributed by atoms with Crippen molar-refractivity contribution in [3.05, 3.63) is 22.8 Å². The molecule has 6 atom stereocenters. The fourth-order valence-electron chi connectivity index (χ4n) is 6.50. The van der Waals surface area contributed by atoms with Crippen LogP contribution in [0, 0.1) is 34.5 Å². The van der Waals surface area contributed by atoms with E-state index in [9.17, 15) is 14.4 Å². The molecule has 152 valence electrons. The fourth-order valence-corrected chi connectivity index (χ4v) is 6.92. The zero-order valence-corrected chi connectivity index (χ0v) is 17.4. The predicted molar refractivity (Wildman–Crippen MR) is 103 cm³/mol. The molecule has 2 saturated carbocycles. The fraction of sp³-hybridized carbons (Fsp3) is 0.682. The van der Waals surface area contributed by atoms with Gasteiger partial charge in [-0.3, -0.25) is 9.59 Å². The van der Waals surface area contributed by atoms with Crippen LogP contribution in [0.4, 0.5) is 0 Å². The SMILES string of the molecule is CC(=O)OCC(=O)[C@H]1CC[C@H]2[C@@H]3C=C(Cl)C4=CC(=O)OC[C@]4(C)[C@H]3CC[C@]12C. The molecular weight excluding hydrogens is 380 g/mol. The molecule has 0 aromatic rings. The van der Waals surface area contributed by atoms with E-state index in [1.807, 2.05) is 0 Å². The second-order valence-corrected chi connectivity index (χ2v) is 9.72. The zero-order valence-electron chi connectivity index (χ0n) is 16.6. The molecule has 1 heterocycles. The first-order valence-electron chi connectivity index (χ1n) is 10.1. The zero-order chi connectivity index (χ0) is 20.3. The summed E-state index contributed by atoms with van der Waals surface area (Å²) in [4.78, 5) is 35.6. The average Bonchev–Trinajstić information content (AvgIpc) is 2.99. The summed E-state index contributed by atoms with van der Waals surface area (Å²) in [6.07, 6.45) is 7.36. The van der Waals surface area contributed by atoms with E-state index >= 15 is 0 Å². The third-order valence-corrected chi connectivity index (χ3v) is 8.27. The van der Waals surface area contributed by atoms with Gasteiger partial charge in [-0.25, -0.2) is 4.79 Å². The first-order valence-corrected chi connectivity index (χ1v) is 10.5. The number of fused-ring (bicyclic) bond motifs is 5. The molecule has 0 amide bonds. The highest BCUT2D eigenvalue weighted by Gasteiger charge is 2.60. The summed E-state index contributed by atoms with van der Waals surface area (Å²) in [7, 11) is 0. The van der Waals surface area contributed by atoms with E-state index in [4.69, 9.17) is 21.1 Å². The quantitative estimate of drug-likeness (QED) is 0.666. The number of hydrogen-bond donors (Lipinski definition) is 0. The molecule has 4 aliphatic rings. The maximum absolute atomic E-state index is 12.8. The summed E-state index contributed by atoms with van der Waals surface area (Å²) in [5.74, 6) is 0.156. The van der Waals surface area contributed by atoms with E-state index in [1.54, 1.807) is 6.08 Å². The predicted octanol–water partition coefficient (Wildman–Crippen LogP) is 3.80. The van der Waals surface area contributed by atoms with Crippen LogP contribution in [0.15, 0.2) is 22.8 Å². The largest absolute Gasteiger partial charge is 0.462 e. The highest BCUT2D eigenvalue weighted by atomic mass is 35.5. The molecule has 0 N–H and O–H groups in total. The highest BCUT2D eigenvalue weighted by Crippen LogP contribution is 2.65. The number of cyclic esters (lactones) is 1. The van der Waals surface area contributed by atoms with Crippen LogP contribution in [-0.4, -0.2) is 30.9 Å². The maximum Gasteiger partial charge on any atom is 0.331 e. The second kappa shape index (κ2) is 6.72. The van der Waals surface area contributed by atoms with Crippen LogP contribution < -0.4 is 0 Å². The number of hydrogen-bond acceptors (Lipinski definition) is 5. The molecule has 0 bridgehead atoms. The number of allylic oxidation sites excluding steroid dienone is 2. The maximum atomic E-state index is 12.8. The Morgan fingerprint density at radius 2 is 2.00 bits per heavy atom. The molecule has 0 unspecified atom stereocenters. The van der Waals surface area contributed by atoms with Gasteiger partial charge < -0.3 is 9.47 Å². The lowest BCUT2D eigenvalue weighted by Gasteiger charge is -2.55.